The molecule has 0 aromatic heterocycles. The lowest BCUT2D eigenvalue weighted by Gasteiger charge is -2.16. The van der Waals surface area contributed by atoms with Crippen molar-refractivity contribution in [3.63, 3.8) is 0 Å². The summed E-state index contributed by atoms with van der Waals surface area (Å²) in [6.07, 6.45) is 0.863. The van der Waals surface area contributed by atoms with Crippen LogP contribution in [0.5, 0.6) is 0 Å². The van der Waals surface area contributed by atoms with Crippen molar-refractivity contribution in [3.8, 4) is 0 Å². The van der Waals surface area contributed by atoms with Crippen LogP contribution in [0.4, 0.5) is 0 Å². The first-order valence-corrected chi connectivity index (χ1v) is 7.25. The maximum absolute atomic E-state index is 12.3. The van der Waals surface area contributed by atoms with Crippen LogP contribution in [0.1, 0.15) is 12.0 Å². The van der Waals surface area contributed by atoms with Crippen LogP contribution in [0.3, 0.4) is 0 Å². The molecular weight excluding hydrogens is 236 g/mol. The summed E-state index contributed by atoms with van der Waals surface area (Å²) in [6.45, 7) is 3.63. The van der Waals surface area contributed by atoms with E-state index < -0.39 is 10.0 Å². The molecule has 17 heavy (non-hydrogen) atoms. The number of nitrogens with zero attached hydrogens (tertiary/aromatic N) is 1. The van der Waals surface area contributed by atoms with Crippen LogP contribution in [0, 0.1) is 12.8 Å². The molecule has 1 atom stereocenters. The lowest BCUT2D eigenvalue weighted by Crippen LogP contribution is -2.30. The highest BCUT2D eigenvalue weighted by Crippen LogP contribution is 2.23. The van der Waals surface area contributed by atoms with E-state index in [1.54, 1.807) is 12.1 Å². The minimum atomic E-state index is -3.32. The van der Waals surface area contributed by atoms with Gasteiger partial charge >= 0.3 is 0 Å². The summed E-state index contributed by atoms with van der Waals surface area (Å²) < 4.78 is 26.1. The van der Waals surface area contributed by atoms with Gasteiger partial charge in [0, 0.05) is 13.1 Å². The van der Waals surface area contributed by atoms with Crippen molar-refractivity contribution in [2.24, 2.45) is 11.7 Å². The fourth-order valence-corrected chi connectivity index (χ4v) is 3.60. The Morgan fingerprint density at radius 1 is 1.35 bits per heavy atom. The fraction of sp³-hybridized carbons (Fsp3) is 0.500. The van der Waals surface area contributed by atoms with Gasteiger partial charge in [0.2, 0.25) is 10.0 Å². The summed E-state index contributed by atoms with van der Waals surface area (Å²) in [5, 5.41) is 0. The van der Waals surface area contributed by atoms with Gasteiger partial charge in [-0.3, -0.25) is 0 Å². The van der Waals surface area contributed by atoms with Crippen molar-refractivity contribution in [3.05, 3.63) is 29.8 Å². The number of benzene rings is 1. The first-order chi connectivity index (χ1) is 8.04. The summed E-state index contributed by atoms with van der Waals surface area (Å²) in [5.74, 6) is 0.301. The van der Waals surface area contributed by atoms with E-state index in [-0.39, 0.29) is 0 Å². The van der Waals surface area contributed by atoms with Crippen molar-refractivity contribution < 1.29 is 8.42 Å². The smallest absolute Gasteiger partial charge is 0.243 e. The molecule has 4 nitrogen and oxygen atoms in total. The average molecular weight is 254 g/mol. The summed E-state index contributed by atoms with van der Waals surface area (Å²) in [6, 6.07) is 6.98. The molecule has 0 spiro atoms. The van der Waals surface area contributed by atoms with Crippen LogP contribution in [0.15, 0.2) is 29.2 Å². The Hall–Kier alpha value is -0.910. The zero-order chi connectivity index (χ0) is 12.5. The van der Waals surface area contributed by atoms with Gasteiger partial charge in [0.05, 0.1) is 4.90 Å². The highest BCUT2D eigenvalue weighted by molar-refractivity contribution is 7.89. The van der Waals surface area contributed by atoms with Crippen molar-refractivity contribution in [2.75, 3.05) is 19.6 Å². The molecule has 1 unspecified atom stereocenters. The largest absolute Gasteiger partial charge is 0.330 e. The molecule has 2 N–H and O–H groups in total. The molecule has 1 fully saturated rings. The molecule has 0 bridgehead atoms. The normalized spacial score (nSPS) is 21.9. The van der Waals surface area contributed by atoms with E-state index in [9.17, 15) is 8.42 Å². The molecule has 94 valence electrons. The van der Waals surface area contributed by atoms with Gasteiger partial charge in [0.25, 0.3) is 0 Å². The predicted octanol–water partition coefficient (Wildman–Crippen LogP) is 0.964. The Labute approximate surface area is 102 Å². The minimum Gasteiger partial charge on any atom is -0.330 e. The molecule has 0 radical (unpaired) electrons. The van der Waals surface area contributed by atoms with Crippen molar-refractivity contribution in [2.45, 2.75) is 18.2 Å². The molecule has 0 amide bonds. The van der Waals surface area contributed by atoms with Crippen LogP contribution < -0.4 is 5.73 Å². The zero-order valence-corrected chi connectivity index (χ0v) is 10.8. The fourth-order valence-electron chi connectivity index (χ4n) is 2.07. The molecule has 2 rings (SSSR count). The van der Waals surface area contributed by atoms with E-state index in [2.05, 4.69) is 0 Å². The molecule has 0 saturated carbocycles. The number of rotatable bonds is 3. The lowest BCUT2D eigenvalue weighted by molar-refractivity contribution is 0.459. The standard InChI is InChI=1S/C12H18N2O2S/c1-10-2-4-12(5-3-10)17(15,16)14-7-6-11(8-13)9-14/h2-5,11H,6-9,13H2,1H3. The highest BCUT2D eigenvalue weighted by atomic mass is 32.2. The molecule has 0 aliphatic carbocycles. The Balaban J connectivity index is 2.22. The Kier molecular flexibility index (Phi) is 3.51. The van der Waals surface area contributed by atoms with Crippen molar-refractivity contribution >= 4 is 10.0 Å². The van der Waals surface area contributed by atoms with Crippen molar-refractivity contribution in [1.82, 2.24) is 4.31 Å². The summed E-state index contributed by atoms with van der Waals surface area (Å²) >= 11 is 0. The van der Waals surface area contributed by atoms with Gasteiger partial charge in [-0.15, -0.1) is 0 Å². The molecule has 1 aromatic carbocycles. The van der Waals surface area contributed by atoms with Crippen LogP contribution in [-0.4, -0.2) is 32.4 Å². The molecule has 1 heterocycles. The first-order valence-electron chi connectivity index (χ1n) is 5.81. The summed E-state index contributed by atoms with van der Waals surface area (Å²) in [5.41, 5.74) is 6.64. The predicted molar refractivity (Wildman–Crippen MR) is 67.1 cm³/mol. The second-order valence-electron chi connectivity index (χ2n) is 4.57. The van der Waals surface area contributed by atoms with E-state index in [1.165, 1.54) is 4.31 Å². The van der Waals surface area contributed by atoms with Gasteiger partial charge in [-0.1, -0.05) is 17.7 Å². The van der Waals surface area contributed by atoms with Crippen LogP contribution in [-0.2, 0) is 10.0 Å². The second kappa shape index (κ2) is 4.76. The van der Waals surface area contributed by atoms with Gasteiger partial charge in [-0.25, -0.2) is 8.42 Å². The molecule has 1 aliphatic rings. The maximum Gasteiger partial charge on any atom is 0.243 e. The third-order valence-corrected chi connectivity index (χ3v) is 5.12. The molecular formula is C12H18N2O2S. The van der Waals surface area contributed by atoms with Crippen molar-refractivity contribution in [1.29, 1.82) is 0 Å². The molecule has 1 aliphatic heterocycles. The van der Waals surface area contributed by atoms with E-state index in [1.807, 2.05) is 19.1 Å². The number of hydrogen-bond donors (Lipinski definition) is 1. The van der Waals surface area contributed by atoms with Gasteiger partial charge in [-0.05, 0) is 37.9 Å². The lowest BCUT2D eigenvalue weighted by atomic mass is 10.1. The van der Waals surface area contributed by atoms with Gasteiger partial charge in [-0.2, -0.15) is 4.31 Å². The number of hydrogen-bond acceptors (Lipinski definition) is 3. The van der Waals surface area contributed by atoms with E-state index in [0.717, 1.165) is 12.0 Å². The van der Waals surface area contributed by atoms with Gasteiger partial charge in [0.15, 0.2) is 0 Å². The van der Waals surface area contributed by atoms with E-state index in [4.69, 9.17) is 5.73 Å². The second-order valence-corrected chi connectivity index (χ2v) is 6.50. The quantitative estimate of drug-likeness (QED) is 0.874. The number of sulfonamides is 1. The third-order valence-electron chi connectivity index (χ3n) is 3.24. The summed E-state index contributed by atoms with van der Waals surface area (Å²) in [4.78, 5) is 0.376. The number of nitrogens with two attached hydrogens (primary N) is 1. The highest BCUT2D eigenvalue weighted by Gasteiger charge is 2.31. The van der Waals surface area contributed by atoms with Gasteiger partial charge in [0.1, 0.15) is 0 Å². The van der Waals surface area contributed by atoms with E-state index in [0.29, 0.717) is 30.4 Å². The Bertz CT molecular complexity index is 482. The zero-order valence-electron chi connectivity index (χ0n) is 9.96. The Morgan fingerprint density at radius 2 is 2.00 bits per heavy atom. The third kappa shape index (κ3) is 2.51. The topological polar surface area (TPSA) is 63.4 Å². The molecule has 1 saturated heterocycles. The molecule has 1 aromatic rings. The maximum atomic E-state index is 12.3. The van der Waals surface area contributed by atoms with Crippen LogP contribution in [0.2, 0.25) is 0 Å². The molecule has 5 heteroatoms. The van der Waals surface area contributed by atoms with Crippen LogP contribution in [0.25, 0.3) is 0 Å². The Morgan fingerprint density at radius 3 is 2.53 bits per heavy atom. The minimum absolute atomic E-state index is 0.301. The number of aryl methyl sites for hydroxylation is 1. The SMILES string of the molecule is Cc1ccc(S(=O)(=O)N2CCC(CN)C2)cc1. The van der Waals surface area contributed by atoms with Crippen LogP contribution >= 0.6 is 0 Å². The monoisotopic (exact) mass is 254 g/mol. The first kappa shape index (κ1) is 12.5. The van der Waals surface area contributed by atoms with Gasteiger partial charge < -0.3 is 5.73 Å². The average Bonchev–Trinajstić information content (AvgIpc) is 2.78. The van der Waals surface area contributed by atoms with E-state index >= 15 is 0 Å². The summed E-state index contributed by atoms with van der Waals surface area (Å²) in [7, 11) is -3.32.